The molecule has 3 heteroatoms. The van der Waals surface area contributed by atoms with Crippen LogP contribution in [0.15, 0.2) is 65.8 Å². The molecular formula is C26H39NO2. The summed E-state index contributed by atoms with van der Waals surface area (Å²) in [6.45, 7) is 8.05. The second-order valence-electron chi connectivity index (χ2n) is 8.12. The highest BCUT2D eigenvalue weighted by atomic mass is 16.3. The van der Waals surface area contributed by atoms with E-state index in [0.717, 1.165) is 25.7 Å². The summed E-state index contributed by atoms with van der Waals surface area (Å²) in [5.74, 6) is 0.598. The van der Waals surface area contributed by atoms with E-state index in [9.17, 15) is 4.79 Å². The van der Waals surface area contributed by atoms with E-state index in [0.29, 0.717) is 11.5 Å². The third kappa shape index (κ3) is 12.1. The van der Waals surface area contributed by atoms with Gasteiger partial charge >= 0.3 is 0 Å². The normalized spacial score (nSPS) is 14.8. The van der Waals surface area contributed by atoms with Gasteiger partial charge in [-0.1, -0.05) is 73.6 Å². The minimum Gasteiger partial charge on any atom is -0.394 e. The Morgan fingerprint density at radius 2 is 1.83 bits per heavy atom. The van der Waals surface area contributed by atoms with E-state index in [2.05, 4.69) is 67.7 Å². The molecule has 0 aliphatic rings. The van der Waals surface area contributed by atoms with E-state index in [4.69, 9.17) is 5.11 Å². The van der Waals surface area contributed by atoms with Crippen molar-refractivity contribution in [1.29, 1.82) is 0 Å². The van der Waals surface area contributed by atoms with Crippen LogP contribution in [0.4, 0.5) is 0 Å². The summed E-state index contributed by atoms with van der Waals surface area (Å²) in [7, 11) is 0. The molecule has 0 radical (unpaired) electrons. The molecule has 0 unspecified atom stereocenters. The number of hydrogen-bond donors (Lipinski definition) is 2. The number of nitrogens with one attached hydrogen (secondary N) is 1. The van der Waals surface area contributed by atoms with E-state index in [1.54, 1.807) is 6.92 Å². The summed E-state index contributed by atoms with van der Waals surface area (Å²) in [6, 6.07) is 10.4. The summed E-state index contributed by atoms with van der Waals surface area (Å²) in [6.07, 6.45) is 15.2. The van der Waals surface area contributed by atoms with Gasteiger partial charge in [0.25, 0.3) is 0 Å². The maximum atomic E-state index is 11.9. The van der Waals surface area contributed by atoms with Crippen LogP contribution in [0.25, 0.3) is 0 Å². The zero-order valence-electron chi connectivity index (χ0n) is 18.7. The van der Waals surface area contributed by atoms with Crippen molar-refractivity contribution in [1.82, 2.24) is 5.32 Å². The average molecular weight is 398 g/mol. The number of aliphatic hydroxyl groups excluding tert-OH is 1. The molecule has 2 atom stereocenters. The van der Waals surface area contributed by atoms with Crippen molar-refractivity contribution in [2.75, 3.05) is 6.61 Å². The predicted molar refractivity (Wildman–Crippen MR) is 124 cm³/mol. The van der Waals surface area contributed by atoms with Crippen molar-refractivity contribution < 1.29 is 9.90 Å². The molecule has 0 spiro atoms. The molecule has 0 aliphatic heterocycles. The molecular weight excluding hydrogens is 358 g/mol. The van der Waals surface area contributed by atoms with Crippen LogP contribution >= 0.6 is 0 Å². The van der Waals surface area contributed by atoms with Gasteiger partial charge in [0.05, 0.1) is 6.61 Å². The fourth-order valence-electron chi connectivity index (χ4n) is 3.02. The van der Waals surface area contributed by atoms with E-state index in [-0.39, 0.29) is 18.6 Å². The third-order valence-corrected chi connectivity index (χ3v) is 5.07. The first-order chi connectivity index (χ1) is 13.9. The number of carbonyl (C=O) groups is 1. The zero-order chi connectivity index (χ0) is 21.5. The van der Waals surface area contributed by atoms with Crippen LogP contribution < -0.4 is 5.32 Å². The quantitative estimate of drug-likeness (QED) is 0.328. The molecule has 1 aromatic rings. The van der Waals surface area contributed by atoms with E-state index >= 15 is 0 Å². The van der Waals surface area contributed by atoms with Gasteiger partial charge in [0.15, 0.2) is 0 Å². The monoisotopic (exact) mass is 397 g/mol. The van der Waals surface area contributed by atoms with Crippen LogP contribution in [0.5, 0.6) is 0 Å². The topological polar surface area (TPSA) is 49.3 Å². The van der Waals surface area contributed by atoms with E-state index < -0.39 is 0 Å². The molecule has 0 saturated carbocycles. The molecule has 1 amide bonds. The van der Waals surface area contributed by atoms with Crippen molar-refractivity contribution >= 4 is 5.91 Å². The van der Waals surface area contributed by atoms with Gasteiger partial charge in [-0.15, -0.1) is 0 Å². The highest BCUT2D eigenvalue weighted by Gasteiger charge is 2.07. The molecule has 0 saturated heterocycles. The van der Waals surface area contributed by atoms with Crippen molar-refractivity contribution in [3.8, 4) is 0 Å². The Morgan fingerprint density at radius 1 is 1.10 bits per heavy atom. The average Bonchev–Trinajstić information content (AvgIpc) is 2.71. The first-order valence-electron chi connectivity index (χ1n) is 10.8. The first kappa shape index (κ1) is 24.9. The summed E-state index contributed by atoms with van der Waals surface area (Å²) in [5.41, 5.74) is 3.44. The highest BCUT2D eigenvalue weighted by molar-refractivity contribution is 5.92. The highest BCUT2D eigenvalue weighted by Crippen LogP contribution is 2.16. The standard InChI is InChI=1S/C26H39NO2/c1-21(12-8-9-19-25-17-6-5-7-18-25)13-10-14-22(2)15-11-16-23(3)26(29)27-24(4)20-28/h5-9,15-18,21,24,28H,10-14,19-20H2,1-4H3,(H,27,29)/b9-8+,22-15+,23-16+/t21-,24+/m1/s1. The second kappa shape index (κ2) is 14.8. The number of aliphatic hydroxyl groups is 1. The number of allylic oxidation sites excluding steroid dienone is 5. The Morgan fingerprint density at radius 3 is 2.52 bits per heavy atom. The lowest BCUT2D eigenvalue weighted by molar-refractivity contribution is -0.118. The van der Waals surface area contributed by atoms with Gasteiger partial charge in [-0.05, 0) is 64.4 Å². The van der Waals surface area contributed by atoms with E-state index in [1.807, 2.05) is 13.0 Å². The van der Waals surface area contributed by atoms with E-state index in [1.165, 1.54) is 24.0 Å². The molecule has 1 aromatic carbocycles. The molecule has 0 fully saturated rings. The Balaban J connectivity index is 2.22. The number of benzene rings is 1. The Labute approximate surface area is 177 Å². The molecule has 0 heterocycles. The van der Waals surface area contributed by atoms with Crippen molar-refractivity contribution in [3.63, 3.8) is 0 Å². The molecule has 2 N–H and O–H groups in total. The number of amides is 1. The maximum Gasteiger partial charge on any atom is 0.246 e. The van der Waals surface area contributed by atoms with Gasteiger partial charge in [-0.3, -0.25) is 4.79 Å². The molecule has 3 nitrogen and oxygen atoms in total. The molecule has 1 rings (SSSR count). The molecule has 0 aliphatic carbocycles. The fourth-order valence-corrected chi connectivity index (χ4v) is 3.02. The smallest absolute Gasteiger partial charge is 0.246 e. The van der Waals surface area contributed by atoms with Gasteiger partial charge in [0.1, 0.15) is 0 Å². The number of hydrogen-bond acceptors (Lipinski definition) is 2. The summed E-state index contributed by atoms with van der Waals surface area (Å²) >= 11 is 0. The molecule has 0 aromatic heterocycles. The Bertz CT molecular complexity index is 673. The molecule has 160 valence electrons. The molecule has 0 bridgehead atoms. The SMILES string of the molecule is C/C(=C\C/C=C(\C)C(=O)N[C@@H](C)CO)CCC[C@H](C)C/C=C/Cc1ccccc1. The van der Waals surface area contributed by atoms with Crippen LogP contribution in [0.2, 0.25) is 0 Å². The van der Waals surface area contributed by atoms with Gasteiger partial charge < -0.3 is 10.4 Å². The minimum atomic E-state index is -0.210. The van der Waals surface area contributed by atoms with Gasteiger partial charge in [0, 0.05) is 11.6 Å². The Hall–Kier alpha value is -2.13. The lowest BCUT2D eigenvalue weighted by Crippen LogP contribution is -2.35. The van der Waals surface area contributed by atoms with Gasteiger partial charge in [-0.25, -0.2) is 0 Å². The zero-order valence-corrected chi connectivity index (χ0v) is 18.7. The number of carbonyl (C=O) groups excluding carboxylic acids is 1. The largest absolute Gasteiger partial charge is 0.394 e. The van der Waals surface area contributed by atoms with Crippen LogP contribution in [-0.4, -0.2) is 23.7 Å². The fraction of sp³-hybridized carbons (Fsp3) is 0.500. The van der Waals surface area contributed by atoms with Crippen LogP contribution in [-0.2, 0) is 11.2 Å². The summed E-state index contributed by atoms with van der Waals surface area (Å²) < 4.78 is 0. The number of rotatable bonds is 13. The first-order valence-corrected chi connectivity index (χ1v) is 10.8. The van der Waals surface area contributed by atoms with Crippen LogP contribution in [0, 0.1) is 5.92 Å². The van der Waals surface area contributed by atoms with Crippen LogP contribution in [0.1, 0.15) is 65.4 Å². The summed E-state index contributed by atoms with van der Waals surface area (Å²) in [4.78, 5) is 11.9. The third-order valence-electron chi connectivity index (χ3n) is 5.07. The van der Waals surface area contributed by atoms with Gasteiger partial charge in [0.2, 0.25) is 5.91 Å². The predicted octanol–water partition coefficient (Wildman–Crippen LogP) is 5.76. The second-order valence-corrected chi connectivity index (χ2v) is 8.12. The van der Waals surface area contributed by atoms with Gasteiger partial charge in [-0.2, -0.15) is 0 Å². The Kier molecular flexibility index (Phi) is 12.7. The van der Waals surface area contributed by atoms with Crippen LogP contribution in [0.3, 0.4) is 0 Å². The lowest BCUT2D eigenvalue weighted by atomic mass is 9.98. The minimum absolute atomic E-state index is 0.0424. The molecule has 29 heavy (non-hydrogen) atoms. The van der Waals surface area contributed by atoms with Crippen molar-refractivity contribution in [2.24, 2.45) is 5.92 Å². The van der Waals surface area contributed by atoms with Crippen molar-refractivity contribution in [2.45, 2.75) is 72.3 Å². The summed E-state index contributed by atoms with van der Waals surface area (Å²) in [5, 5.41) is 11.8. The lowest BCUT2D eigenvalue weighted by Gasteiger charge is -2.10. The van der Waals surface area contributed by atoms with Crippen molar-refractivity contribution in [3.05, 3.63) is 71.3 Å². The maximum absolute atomic E-state index is 11.9.